The van der Waals surface area contributed by atoms with Crippen molar-refractivity contribution in [1.29, 1.82) is 0 Å². The van der Waals surface area contributed by atoms with Gasteiger partial charge < -0.3 is 16.0 Å². The van der Waals surface area contributed by atoms with Crippen LogP contribution in [-0.2, 0) is 0 Å². The maximum Gasteiger partial charge on any atom is 0.318 e. The van der Waals surface area contributed by atoms with Gasteiger partial charge in [-0.15, -0.1) is 0 Å². The van der Waals surface area contributed by atoms with Crippen molar-refractivity contribution < 1.29 is 4.79 Å². The standard InChI is InChI=1S/C11H23N3O/c1-11(2,3)13-10(15)14-7-5-4-6-9(14)8-12/h9H,4-8,12H2,1-3H3,(H,13,15). The predicted octanol–water partition coefficient (Wildman–Crippen LogP) is 1.31. The van der Waals surface area contributed by atoms with Crippen LogP contribution in [0.5, 0.6) is 0 Å². The van der Waals surface area contributed by atoms with E-state index in [0.717, 1.165) is 19.4 Å². The van der Waals surface area contributed by atoms with Crippen LogP contribution in [0.15, 0.2) is 0 Å². The normalized spacial score (nSPS) is 22.7. The maximum atomic E-state index is 11.9. The topological polar surface area (TPSA) is 58.4 Å². The van der Waals surface area contributed by atoms with E-state index in [1.807, 2.05) is 25.7 Å². The van der Waals surface area contributed by atoms with E-state index in [-0.39, 0.29) is 17.6 Å². The molecule has 88 valence electrons. The van der Waals surface area contributed by atoms with Crippen molar-refractivity contribution in [2.24, 2.45) is 5.73 Å². The SMILES string of the molecule is CC(C)(C)NC(=O)N1CCCCC1CN. The van der Waals surface area contributed by atoms with Crippen LogP contribution >= 0.6 is 0 Å². The van der Waals surface area contributed by atoms with Crippen LogP contribution < -0.4 is 11.1 Å². The minimum atomic E-state index is -0.173. The minimum absolute atomic E-state index is 0.0256. The fourth-order valence-electron chi connectivity index (χ4n) is 1.91. The van der Waals surface area contributed by atoms with Crippen molar-refractivity contribution in [2.45, 2.75) is 51.6 Å². The molecule has 1 atom stereocenters. The van der Waals surface area contributed by atoms with Crippen LogP contribution in [0, 0.1) is 0 Å². The van der Waals surface area contributed by atoms with Crippen molar-refractivity contribution in [3.05, 3.63) is 0 Å². The van der Waals surface area contributed by atoms with Crippen LogP contribution in [-0.4, -0.2) is 35.6 Å². The number of nitrogens with two attached hydrogens (primary N) is 1. The summed E-state index contributed by atoms with van der Waals surface area (Å²) in [6.07, 6.45) is 3.31. The molecule has 2 amide bonds. The minimum Gasteiger partial charge on any atom is -0.333 e. The van der Waals surface area contributed by atoms with Gasteiger partial charge in [0, 0.05) is 24.7 Å². The fraction of sp³-hybridized carbons (Fsp3) is 0.909. The number of carbonyl (C=O) groups excluding carboxylic acids is 1. The van der Waals surface area contributed by atoms with Crippen molar-refractivity contribution in [2.75, 3.05) is 13.1 Å². The lowest BCUT2D eigenvalue weighted by atomic mass is 10.0. The Kier molecular flexibility index (Phi) is 3.97. The molecule has 0 aromatic carbocycles. The Bertz CT molecular complexity index is 222. The van der Waals surface area contributed by atoms with Gasteiger partial charge >= 0.3 is 6.03 Å². The summed E-state index contributed by atoms with van der Waals surface area (Å²) in [6.45, 7) is 7.38. The molecule has 4 heteroatoms. The molecule has 0 radical (unpaired) electrons. The Balaban J connectivity index is 2.56. The molecule has 1 aliphatic rings. The third-order valence-corrected chi connectivity index (χ3v) is 2.64. The van der Waals surface area contributed by atoms with E-state index in [2.05, 4.69) is 5.32 Å². The maximum absolute atomic E-state index is 11.9. The van der Waals surface area contributed by atoms with E-state index in [9.17, 15) is 4.79 Å². The van der Waals surface area contributed by atoms with Gasteiger partial charge in [0.1, 0.15) is 0 Å². The molecule has 1 unspecified atom stereocenters. The molecular formula is C11H23N3O. The van der Waals surface area contributed by atoms with Crippen molar-refractivity contribution >= 4 is 6.03 Å². The number of carbonyl (C=O) groups is 1. The van der Waals surface area contributed by atoms with Crippen LogP contribution in [0.25, 0.3) is 0 Å². The first-order chi connectivity index (χ1) is 6.94. The predicted molar refractivity (Wildman–Crippen MR) is 61.7 cm³/mol. The number of nitrogens with one attached hydrogen (secondary N) is 1. The number of amides is 2. The van der Waals surface area contributed by atoms with Gasteiger partial charge in [0.25, 0.3) is 0 Å². The molecular weight excluding hydrogens is 190 g/mol. The molecule has 0 spiro atoms. The number of rotatable bonds is 1. The Morgan fingerprint density at radius 3 is 2.67 bits per heavy atom. The monoisotopic (exact) mass is 213 g/mol. The van der Waals surface area contributed by atoms with Gasteiger partial charge in [0.05, 0.1) is 0 Å². The second kappa shape index (κ2) is 4.84. The highest BCUT2D eigenvalue weighted by atomic mass is 16.2. The summed E-state index contributed by atoms with van der Waals surface area (Å²) >= 11 is 0. The number of hydrogen-bond acceptors (Lipinski definition) is 2. The zero-order valence-corrected chi connectivity index (χ0v) is 10.0. The molecule has 15 heavy (non-hydrogen) atoms. The van der Waals surface area contributed by atoms with Gasteiger partial charge in [0.2, 0.25) is 0 Å². The molecule has 3 N–H and O–H groups in total. The Morgan fingerprint density at radius 2 is 2.13 bits per heavy atom. The number of hydrogen-bond donors (Lipinski definition) is 2. The molecule has 0 bridgehead atoms. The smallest absolute Gasteiger partial charge is 0.318 e. The van der Waals surface area contributed by atoms with Gasteiger partial charge in [-0.1, -0.05) is 0 Å². The zero-order valence-electron chi connectivity index (χ0n) is 10.0. The Morgan fingerprint density at radius 1 is 1.47 bits per heavy atom. The highest BCUT2D eigenvalue weighted by molar-refractivity contribution is 5.75. The molecule has 0 aliphatic carbocycles. The lowest BCUT2D eigenvalue weighted by Gasteiger charge is -2.37. The van der Waals surface area contributed by atoms with E-state index < -0.39 is 0 Å². The zero-order chi connectivity index (χ0) is 11.5. The summed E-state index contributed by atoms with van der Waals surface area (Å²) < 4.78 is 0. The first-order valence-electron chi connectivity index (χ1n) is 5.73. The van der Waals surface area contributed by atoms with Gasteiger partial charge in [-0.05, 0) is 40.0 Å². The quantitative estimate of drug-likeness (QED) is 0.690. The molecule has 1 saturated heterocycles. The van der Waals surface area contributed by atoms with Crippen LogP contribution in [0.3, 0.4) is 0 Å². The molecule has 1 aliphatic heterocycles. The number of likely N-dealkylation sites (tertiary alicyclic amines) is 1. The highest BCUT2D eigenvalue weighted by Crippen LogP contribution is 2.16. The third-order valence-electron chi connectivity index (χ3n) is 2.64. The van der Waals surface area contributed by atoms with Gasteiger partial charge in [-0.3, -0.25) is 0 Å². The van der Waals surface area contributed by atoms with Gasteiger partial charge in [-0.25, -0.2) is 4.79 Å². The summed E-state index contributed by atoms with van der Waals surface area (Å²) in [5.41, 5.74) is 5.50. The average Bonchev–Trinajstić information content (AvgIpc) is 2.15. The van der Waals surface area contributed by atoms with Crippen molar-refractivity contribution in [1.82, 2.24) is 10.2 Å². The molecule has 4 nitrogen and oxygen atoms in total. The van der Waals surface area contributed by atoms with Crippen LogP contribution in [0.1, 0.15) is 40.0 Å². The molecule has 0 aromatic heterocycles. The summed E-state index contributed by atoms with van der Waals surface area (Å²) in [5.74, 6) is 0. The summed E-state index contributed by atoms with van der Waals surface area (Å²) in [7, 11) is 0. The Hall–Kier alpha value is -0.770. The summed E-state index contributed by atoms with van der Waals surface area (Å²) in [5, 5.41) is 2.98. The summed E-state index contributed by atoms with van der Waals surface area (Å²) in [6, 6.07) is 0.249. The van der Waals surface area contributed by atoms with E-state index >= 15 is 0 Å². The van der Waals surface area contributed by atoms with Gasteiger partial charge in [-0.2, -0.15) is 0 Å². The summed E-state index contributed by atoms with van der Waals surface area (Å²) in [4.78, 5) is 13.8. The molecule has 0 aromatic rings. The largest absolute Gasteiger partial charge is 0.333 e. The second-order valence-electron chi connectivity index (χ2n) is 5.26. The fourth-order valence-corrected chi connectivity index (χ4v) is 1.91. The highest BCUT2D eigenvalue weighted by Gasteiger charge is 2.27. The average molecular weight is 213 g/mol. The lowest BCUT2D eigenvalue weighted by molar-refractivity contribution is 0.147. The van der Waals surface area contributed by atoms with Crippen molar-refractivity contribution in [3.8, 4) is 0 Å². The Labute approximate surface area is 92.2 Å². The second-order valence-corrected chi connectivity index (χ2v) is 5.26. The number of nitrogens with zero attached hydrogens (tertiary/aromatic N) is 1. The van der Waals surface area contributed by atoms with E-state index in [1.165, 1.54) is 6.42 Å². The third kappa shape index (κ3) is 3.70. The first-order valence-corrected chi connectivity index (χ1v) is 5.73. The van der Waals surface area contributed by atoms with Crippen LogP contribution in [0.2, 0.25) is 0 Å². The van der Waals surface area contributed by atoms with E-state index in [0.29, 0.717) is 6.54 Å². The molecule has 1 fully saturated rings. The van der Waals surface area contributed by atoms with Gasteiger partial charge in [0.15, 0.2) is 0 Å². The number of piperidine rings is 1. The molecule has 1 heterocycles. The lowest BCUT2D eigenvalue weighted by Crippen LogP contribution is -2.55. The van der Waals surface area contributed by atoms with Crippen molar-refractivity contribution in [3.63, 3.8) is 0 Å². The first kappa shape index (κ1) is 12.3. The molecule has 1 rings (SSSR count). The van der Waals surface area contributed by atoms with E-state index in [4.69, 9.17) is 5.73 Å². The molecule has 0 saturated carbocycles. The van der Waals surface area contributed by atoms with E-state index in [1.54, 1.807) is 0 Å². The van der Waals surface area contributed by atoms with Crippen LogP contribution in [0.4, 0.5) is 4.79 Å². The number of urea groups is 1.